The Labute approximate surface area is 559 Å². The average molecular weight is 1280 g/mol. The molecule has 522 valence electrons. The van der Waals surface area contributed by atoms with Crippen LogP contribution in [0.3, 0.4) is 0 Å². The van der Waals surface area contributed by atoms with E-state index in [-0.39, 0.29) is 19.1 Å². The molecule has 0 aromatic rings. The fraction of sp³-hybridized carbons (Fsp3) is 0.765. The Kier molecular flexibility index (Phi) is 68.3. The number of rotatable bonds is 70. The van der Waals surface area contributed by atoms with E-state index >= 15 is 0 Å². The molecule has 3 atom stereocenters. The summed E-state index contributed by atoms with van der Waals surface area (Å²) < 4.78 is 23.8. The Hall–Kier alpha value is -2.84. The minimum Gasteiger partial charge on any atom is -0.387 e. The number of unbranched alkanes of at least 4 members (excludes halogenated alkanes) is 41. The van der Waals surface area contributed by atoms with Crippen LogP contribution in [-0.2, 0) is 18.4 Å². The normalized spacial score (nSPS) is 14.2. The summed E-state index contributed by atoms with van der Waals surface area (Å²) >= 11 is 0. The maximum atomic E-state index is 13.1. The fourth-order valence-corrected chi connectivity index (χ4v) is 11.8. The molecule has 0 aromatic heterocycles. The molecule has 0 rings (SSSR count). The molecule has 0 heterocycles. The molecule has 0 aliphatic carbocycles. The summed E-state index contributed by atoms with van der Waals surface area (Å²) in [5.74, 6) is -0.184. The molecule has 0 bridgehead atoms. The van der Waals surface area contributed by atoms with E-state index in [2.05, 4.69) is 116 Å². The van der Waals surface area contributed by atoms with Crippen LogP contribution in [0.15, 0.2) is 109 Å². The number of nitrogens with one attached hydrogen (secondary N) is 1. The standard InChI is InChI=1S/C81H147N2O6P/c1-6-8-10-12-14-16-18-20-22-24-26-28-30-32-34-35-36-37-38-39-40-41-42-43-44-45-46-47-49-51-53-55-57-59-61-63-65-67-69-71-73-75-81(85)82-79(78-89-90(86,87)88-77-76-83(3,4)5)80(84)74-72-70-68-66-64-62-60-58-56-54-52-50-48-33-31-29-27-25-23-21-19-17-15-13-11-9-7-2/h8,10,14,16,20,22,26,28,32,34,36-37,39-40,64,66,72,74,79-80,84H,6-7,9,11-13,15,17-19,21,23-25,27,29-31,33,35,38,41-63,65,67-71,73,75-78H2,1-5H3,(H-,82,85,86,87)/p+1/b10-8-,16-14-,22-20-,28-26-,34-32-,37-36-,40-39-,66-64+,74-72+. The summed E-state index contributed by atoms with van der Waals surface area (Å²) in [5.41, 5.74) is 0. The molecule has 8 nitrogen and oxygen atoms in total. The van der Waals surface area contributed by atoms with E-state index in [0.717, 1.165) is 83.5 Å². The number of carbonyl (C=O) groups is 1. The number of phosphoric ester groups is 1. The van der Waals surface area contributed by atoms with Crippen LogP contribution in [0, 0.1) is 0 Å². The third-order valence-corrected chi connectivity index (χ3v) is 18.0. The first kappa shape index (κ1) is 87.2. The number of nitrogens with zero attached hydrogens (tertiary/aromatic N) is 1. The van der Waals surface area contributed by atoms with E-state index in [1.165, 1.54) is 244 Å². The minimum atomic E-state index is -4.37. The highest BCUT2D eigenvalue weighted by Gasteiger charge is 2.28. The molecular formula is C81H148N2O6P+. The van der Waals surface area contributed by atoms with Crippen molar-refractivity contribution in [1.29, 1.82) is 0 Å². The number of aliphatic hydroxyl groups excluding tert-OH is 1. The van der Waals surface area contributed by atoms with Gasteiger partial charge in [0, 0.05) is 6.42 Å². The van der Waals surface area contributed by atoms with Crippen molar-refractivity contribution in [2.45, 2.75) is 360 Å². The lowest BCUT2D eigenvalue weighted by atomic mass is 10.0. The van der Waals surface area contributed by atoms with E-state index < -0.39 is 20.0 Å². The molecule has 3 N–H and O–H groups in total. The lowest BCUT2D eigenvalue weighted by Crippen LogP contribution is -2.45. The van der Waals surface area contributed by atoms with Gasteiger partial charge in [-0.15, -0.1) is 0 Å². The molecule has 0 radical (unpaired) electrons. The van der Waals surface area contributed by atoms with E-state index in [4.69, 9.17) is 9.05 Å². The summed E-state index contributed by atoms with van der Waals surface area (Å²) in [5, 5.41) is 14.0. The zero-order valence-electron chi connectivity index (χ0n) is 59.9. The summed E-state index contributed by atoms with van der Waals surface area (Å²) in [7, 11) is 1.56. The zero-order valence-corrected chi connectivity index (χ0v) is 60.8. The van der Waals surface area contributed by atoms with Crippen LogP contribution in [0.2, 0.25) is 0 Å². The number of likely N-dealkylation sites (N-methyl/N-ethyl adjacent to an activating group) is 1. The highest BCUT2D eigenvalue weighted by molar-refractivity contribution is 7.47. The van der Waals surface area contributed by atoms with Crippen LogP contribution in [0.5, 0.6) is 0 Å². The summed E-state index contributed by atoms with van der Waals surface area (Å²) in [6.45, 7) is 4.72. The second kappa shape index (κ2) is 70.5. The molecular weight excluding hydrogens is 1130 g/mol. The zero-order chi connectivity index (χ0) is 65.5. The monoisotopic (exact) mass is 1280 g/mol. The van der Waals surface area contributed by atoms with Crippen LogP contribution in [0.25, 0.3) is 0 Å². The lowest BCUT2D eigenvalue weighted by Gasteiger charge is -2.25. The lowest BCUT2D eigenvalue weighted by molar-refractivity contribution is -0.870. The molecule has 3 unspecified atom stereocenters. The molecule has 0 aliphatic rings. The smallest absolute Gasteiger partial charge is 0.387 e. The molecule has 0 spiro atoms. The highest BCUT2D eigenvalue weighted by Crippen LogP contribution is 2.43. The maximum absolute atomic E-state index is 13.1. The van der Waals surface area contributed by atoms with Gasteiger partial charge in [0.2, 0.25) is 5.91 Å². The van der Waals surface area contributed by atoms with Crippen molar-refractivity contribution in [2.24, 2.45) is 0 Å². The van der Waals surface area contributed by atoms with E-state index in [1.807, 2.05) is 27.2 Å². The predicted molar refractivity (Wildman–Crippen MR) is 396 cm³/mol. The molecule has 0 saturated heterocycles. The number of hydrogen-bond acceptors (Lipinski definition) is 5. The van der Waals surface area contributed by atoms with Crippen molar-refractivity contribution in [3.8, 4) is 0 Å². The first-order valence-corrected chi connectivity index (χ1v) is 39.8. The van der Waals surface area contributed by atoms with Crippen molar-refractivity contribution in [2.75, 3.05) is 40.9 Å². The van der Waals surface area contributed by atoms with Crippen molar-refractivity contribution in [3.05, 3.63) is 109 Å². The molecule has 90 heavy (non-hydrogen) atoms. The quantitative estimate of drug-likeness (QED) is 0.0243. The highest BCUT2D eigenvalue weighted by atomic mass is 31.2. The third kappa shape index (κ3) is 72.6. The number of quaternary nitrogens is 1. The molecule has 9 heteroatoms. The van der Waals surface area contributed by atoms with Gasteiger partial charge in [0.15, 0.2) is 0 Å². The molecule has 0 aliphatic heterocycles. The van der Waals surface area contributed by atoms with Crippen LogP contribution < -0.4 is 5.32 Å². The van der Waals surface area contributed by atoms with Crippen LogP contribution in [0.1, 0.15) is 348 Å². The van der Waals surface area contributed by atoms with Gasteiger partial charge < -0.3 is 19.8 Å². The Morgan fingerprint density at radius 2 is 0.678 bits per heavy atom. The number of amides is 1. The van der Waals surface area contributed by atoms with Gasteiger partial charge in [-0.05, 0) is 89.9 Å². The molecule has 0 saturated carbocycles. The van der Waals surface area contributed by atoms with Crippen LogP contribution in [0.4, 0.5) is 0 Å². The summed E-state index contributed by atoms with van der Waals surface area (Å²) in [4.78, 5) is 23.5. The van der Waals surface area contributed by atoms with Crippen molar-refractivity contribution in [1.82, 2.24) is 5.32 Å². The van der Waals surface area contributed by atoms with Gasteiger partial charge in [0.25, 0.3) is 0 Å². The maximum Gasteiger partial charge on any atom is 0.472 e. The molecule has 0 aromatic carbocycles. The minimum absolute atomic E-state index is 0.0544. The number of phosphoric acid groups is 1. The van der Waals surface area contributed by atoms with Gasteiger partial charge in [0.1, 0.15) is 13.2 Å². The van der Waals surface area contributed by atoms with E-state index in [0.29, 0.717) is 17.4 Å². The van der Waals surface area contributed by atoms with Crippen molar-refractivity contribution in [3.63, 3.8) is 0 Å². The Morgan fingerprint density at radius 3 is 1.02 bits per heavy atom. The Balaban J connectivity index is 4.02. The largest absolute Gasteiger partial charge is 0.472 e. The molecule has 0 fully saturated rings. The van der Waals surface area contributed by atoms with Gasteiger partial charge in [0.05, 0.1) is 39.9 Å². The van der Waals surface area contributed by atoms with Crippen molar-refractivity contribution >= 4 is 13.7 Å². The van der Waals surface area contributed by atoms with Crippen molar-refractivity contribution < 1.29 is 32.9 Å². The first-order chi connectivity index (χ1) is 44.0. The molecule has 1 amide bonds. The van der Waals surface area contributed by atoms with Gasteiger partial charge in [-0.1, -0.05) is 361 Å². The van der Waals surface area contributed by atoms with Gasteiger partial charge in [-0.3, -0.25) is 13.8 Å². The Bertz CT molecular complexity index is 1840. The predicted octanol–water partition coefficient (Wildman–Crippen LogP) is 25.0. The fourth-order valence-electron chi connectivity index (χ4n) is 11.1. The number of carbonyl (C=O) groups excluding carboxylic acids is 1. The van der Waals surface area contributed by atoms with E-state index in [1.54, 1.807) is 6.08 Å². The van der Waals surface area contributed by atoms with Gasteiger partial charge in [-0.2, -0.15) is 0 Å². The SMILES string of the molecule is CC/C=C\C/C=C\C/C=C\C/C=C\C/C=C\C/C=C\C/C=C\CCCCCCCCCCCCCCCCCCCCCC(=O)NC(COP(=O)(O)OCC[N+](C)(C)C)C(O)/C=C/CC/C=C/CCCCCCCCCCCCCCCCCCCCCCC. The second-order valence-electron chi connectivity index (χ2n) is 27.0. The first-order valence-electron chi connectivity index (χ1n) is 38.3. The second-order valence-corrected chi connectivity index (χ2v) is 28.4. The van der Waals surface area contributed by atoms with E-state index in [9.17, 15) is 19.4 Å². The average Bonchev–Trinajstić information content (AvgIpc) is 3.09. The van der Waals surface area contributed by atoms with Crippen LogP contribution in [-0.4, -0.2) is 73.4 Å². The number of aliphatic hydroxyl groups is 1. The Morgan fingerprint density at radius 1 is 0.389 bits per heavy atom. The summed E-state index contributed by atoms with van der Waals surface area (Å²) in [6, 6.07) is -0.869. The number of allylic oxidation sites excluding steroid dienone is 17. The third-order valence-electron chi connectivity index (χ3n) is 17.0. The van der Waals surface area contributed by atoms with Gasteiger partial charge >= 0.3 is 7.82 Å². The topological polar surface area (TPSA) is 105 Å². The summed E-state index contributed by atoms with van der Waals surface area (Å²) in [6.07, 6.45) is 104. The number of hydrogen-bond donors (Lipinski definition) is 3. The van der Waals surface area contributed by atoms with Gasteiger partial charge in [-0.25, -0.2) is 4.57 Å². The van der Waals surface area contributed by atoms with Crippen LogP contribution >= 0.6 is 7.82 Å².